The molecule has 1 heterocycles. The second kappa shape index (κ2) is 8.74. The highest BCUT2D eigenvalue weighted by atomic mass is 16.6. The minimum atomic E-state index is -0.623. The van der Waals surface area contributed by atoms with Crippen LogP contribution in [0, 0.1) is 6.92 Å². The van der Waals surface area contributed by atoms with Crippen molar-refractivity contribution in [1.82, 2.24) is 4.98 Å². The number of carbonyl (C=O) groups excluding carboxylic acids is 2. The average molecular weight is 379 g/mol. The van der Waals surface area contributed by atoms with Crippen molar-refractivity contribution in [2.24, 2.45) is 0 Å². The van der Waals surface area contributed by atoms with E-state index in [1.165, 1.54) is 0 Å². The highest BCUT2D eigenvalue weighted by Gasteiger charge is 2.29. The van der Waals surface area contributed by atoms with E-state index in [0.717, 1.165) is 40.8 Å². The van der Waals surface area contributed by atoms with Gasteiger partial charge in [-0.05, 0) is 49.2 Å². The Balaban J connectivity index is 1.96. The normalized spacial score (nSPS) is 12.0. The number of aromatic nitrogens is 1. The molecule has 146 valence electrons. The Morgan fingerprint density at radius 2 is 1.86 bits per heavy atom. The molecule has 5 nitrogen and oxygen atoms in total. The van der Waals surface area contributed by atoms with Crippen LogP contribution in [0.3, 0.4) is 0 Å². The van der Waals surface area contributed by atoms with Crippen LogP contribution in [0.5, 0.6) is 5.75 Å². The van der Waals surface area contributed by atoms with E-state index in [1.54, 1.807) is 31.4 Å². The van der Waals surface area contributed by atoms with Gasteiger partial charge in [0, 0.05) is 16.6 Å². The maximum atomic E-state index is 13.0. The molecule has 0 fully saturated rings. The smallest absolute Gasteiger partial charge is 0.345 e. The highest BCUT2D eigenvalue weighted by Crippen LogP contribution is 2.35. The minimum absolute atomic E-state index is 0.363. The zero-order valence-corrected chi connectivity index (χ0v) is 16.5. The molecule has 1 atom stereocenters. The van der Waals surface area contributed by atoms with E-state index in [-0.39, 0.29) is 0 Å². The average Bonchev–Trinajstić information content (AvgIpc) is 3.04. The van der Waals surface area contributed by atoms with E-state index >= 15 is 0 Å². The molecular weight excluding hydrogens is 354 g/mol. The van der Waals surface area contributed by atoms with E-state index in [4.69, 9.17) is 9.47 Å². The van der Waals surface area contributed by atoms with E-state index in [0.29, 0.717) is 12.0 Å². The van der Waals surface area contributed by atoms with Crippen LogP contribution in [0.25, 0.3) is 10.9 Å². The largest absolute Gasteiger partial charge is 0.497 e. The standard InChI is InChI=1S/C23H25NO4/c1-4-5-11-18(23(26)28-22(25)16-9-7-6-8-10-16)21-15(2)24-20-13-12-17(27-3)14-19(20)21/h6-10,12-14,18,24H,4-5,11H2,1-3H3. The van der Waals surface area contributed by atoms with E-state index in [9.17, 15) is 9.59 Å². The van der Waals surface area contributed by atoms with Gasteiger partial charge in [-0.25, -0.2) is 4.79 Å². The number of hydrogen-bond donors (Lipinski definition) is 1. The molecule has 0 aliphatic carbocycles. The van der Waals surface area contributed by atoms with Gasteiger partial charge >= 0.3 is 11.9 Å². The summed E-state index contributed by atoms with van der Waals surface area (Å²) in [6.45, 7) is 4.01. The van der Waals surface area contributed by atoms with Crippen LogP contribution in [-0.2, 0) is 9.53 Å². The lowest BCUT2D eigenvalue weighted by Gasteiger charge is -2.16. The van der Waals surface area contributed by atoms with Crippen LogP contribution in [0.1, 0.15) is 53.7 Å². The molecule has 0 amide bonds. The molecule has 0 saturated heterocycles. The number of unbranched alkanes of at least 4 members (excludes halogenated alkanes) is 1. The number of benzene rings is 2. The summed E-state index contributed by atoms with van der Waals surface area (Å²) in [7, 11) is 1.61. The number of nitrogens with one attached hydrogen (secondary N) is 1. The molecule has 3 aromatic rings. The van der Waals surface area contributed by atoms with Gasteiger partial charge in [-0.1, -0.05) is 38.0 Å². The monoisotopic (exact) mass is 379 g/mol. The molecule has 1 aromatic heterocycles. The number of ether oxygens (including phenoxy) is 2. The van der Waals surface area contributed by atoms with Gasteiger partial charge in [0.05, 0.1) is 18.6 Å². The molecule has 2 aromatic carbocycles. The Morgan fingerprint density at radius 1 is 1.11 bits per heavy atom. The molecule has 5 heteroatoms. The third kappa shape index (κ3) is 4.09. The molecule has 0 bridgehead atoms. The summed E-state index contributed by atoms with van der Waals surface area (Å²) in [6, 6.07) is 14.3. The van der Waals surface area contributed by atoms with Crippen molar-refractivity contribution < 1.29 is 19.1 Å². The number of methoxy groups -OCH3 is 1. The van der Waals surface area contributed by atoms with Crippen LogP contribution in [-0.4, -0.2) is 24.0 Å². The first-order chi connectivity index (χ1) is 13.5. The summed E-state index contributed by atoms with van der Waals surface area (Å²) in [5.74, 6) is -0.944. The number of aryl methyl sites for hydroxylation is 1. The highest BCUT2D eigenvalue weighted by molar-refractivity contribution is 6.00. The van der Waals surface area contributed by atoms with Crippen molar-refractivity contribution in [3.63, 3.8) is 0 Å². The lowest BCUT2D eigenvalue weighted by Crippen LogP contribution is -2.20. The number of rotatable bonds is 7. The number of aromatic amines is 1. The summed E-state index contributed by atoms with van der Waals surface area (Å²) < 4.78 is 10.6. The summed E-state index contributed by atoms with van der Waals surface area (Å²) in [6.07, 6.45) is 2.42. The molecule has 3 rings (SSSR count). The van der Waals surface area contributed by atoms with Gasteiger partial charge in [-0.15, -0.1) is 0 Å². The van der Waals surface area contributed by atoms with Gasteiger partial charge in [-0.3, -0.25) is 4.79 Å². The first-order valence-electron chi connectivity index (χ1n) is 9.52. The second-order valence-corrected chi connectivity index (χ2v) is 6.84. The fourth-order valence-electron chi connectivity index (χ4n) is 3.49. The number of fused-ring (bicyclic) bond motifs is 1. The van der Waals surface area contributed by atoms with Crippen molar-refractivity contribution in [2.75, 3.05) is 7.11 Å². The predicted octanol–water partition coefficient (Wildman–Crippen LogP) is 5.14. The fourth-order valence-corrected chi connectivity index (χ4v) is 3.49. The van der Waals surface area contributed by atoms with Crippen LogP contribution < -0.4 is 4.74 Å². The number of H-pyrrole nitrogens is 1. The summed E-state index contributed by atoms with van der Waals surface area (Å²) >= 11 is 0. The van der Waals surface area contributed by atoms with Crippen LogP contribution in [0.2, 0.25) is 0 Å². The zero-order valence-electron chi connectivity index (χ0n) is 16.5. The summed E-state index contributed by atoms with van der Waals surface area (Å²) in [5, 5.41) is 0.919. The first kappa shape index (κ1) is 19.7. The lowest BCUT2D eigenvalue weighted by molar-refractivity contribution is -0.139. The minimum Gasteiger partial charge on any atom is -0.497 e. The number of carbonyl (C=O) groups is 2. The van der Waals surface area contributed by atoms with Gasteiger partial charge in [0.25, 0.3) is 0 Å². The van der Waals surface area contributed by atoms with Gasteiger partial charge in [0.15, 0.2) is 0 Å². The van der Waals surface area contributed by atoms with E-state index in [2.05, 4.69) is 11.9 Å². The van der Waals surface area contributed by atoms with Crippen molar-refractivity contribution in [2.45, 2.75) is 39.0 Å². The molecule has 0 saturated carbocycles. The SMILES string of the molecule is CCCCC(C(=O)OC(=O)c1ccccc1)c1c(C)[nH]c2ccc(OC)cc12. The quantitative estimate of drug-likeness (QED) is 0.456. The molecule has 0 spiro atoms. The maximum absolute atomic E-state index is 13.0. The molecule has 1 unspecified atom stereocenters. The summed E-state index contributed by atoms with van der Waals surface area (Å²) in [5.41, 5.74) is 3.06. The first-order valence-corrected chi connectivity index (χ1v) is 9.52. The van der Waals surface area contributed by atoms with Crippen molar-refractivity contribution >= 4 is 22.8 Å². The van der Waals surface area contributed by atoms with E-state index < -0.39 is 17.9 Å². The fraction of sp³-hybridized carbons (Fsp3) is 0.304. The van der Waals surface area contributed by atoms with Gasteiger partial charge < -0.3 is 14.5 Å². The molecule has 0 aliphatic heterocycles. The third-order valence-electron chi connectivity index (χ3n) is 4.93. The predicted molar refractivity (Wildman–Crippen MR) is 109 cm³/mol. The molecule has 1 N–H and O–H groups in total. The van der Waals surface area contributed by atoms with Gasteiger partial charge in [-0.2, -0.15) is 0 Å². The number of esters is 2. The molecule has 0 aliphatic rings. The molecule has 0 radical (unpaired) electrons. The second-order valence-electron chi connectivity index (χ2n) is 6.84. The lowest BCUT2D eigenvalue weighted by atomic mass is 9.91. The zero-order chi connectivity index (χ0) is 20.1. The van der Waals surface area contributed by atoms with Gasteiger partial charge in [0.1, 0.15) is 5.75 Å². The topological polar surface area (TPSA) is 68.4 Å². The summed E-state index contributed by atoms with van der Waals surface area (Å²) in [4.78, 5) is 28.7. The Labute approximate surface area is 164 Å². The molecular formula is C23H25NO4. The Kier molecular flexibility index (Phi) is 6.14. The van der Waals surface area contributed by atoms with Crippen molar-refractivity contribution in [3.8, 4) is 5.75 Å². The molecule has 28 heavy (non-hydrogen) atoms. The Morgan fingerprint density at radius 3 is 2.54 bits per heavy atom. The number of hydrogen-bond acceptors (Lipinski definition) is 4. The maximum Gasteiger partial charge on any atom is 0.345 e. The Bertz CT molecular complexity index is 975. The van der Waals surface area contributed by atoms with Crippen LogP contribution in [0.4, 0.5) is 0 Å². The van der Waals surface area contributed by atoms with Crippen molar-refractivity contribution in [3.05, 3.63) is 65.4 Å². The van der Waals surface area contributed by atoms with Crippen LogP contribution >= 0.6 is 0 Å². The van der Waals surface area contributed by atoms with Gasteiger partial charge in [0.2, 0.25) is 0 Å². The van der Waals surface area contributed by atoms with E-state index in [1.807, 2.05) is 31.2 Å². The Hall–Kier alpha value is -3.08. The third-order valence-corrected chi connectivity index (χ3v) is 4.93. The van der Waals surface area contributed by atoms with Crippen LogP contribution in [0.15, 0.2) is 48.5 Å². The van der Waals surface area contributed by atoms with Crippen molar-refractivity contribution in [1.29, 1.82) is 0 Å².